The first-order chi connectivity index (χ1) is 16.2. The maximum atomic E-state index is 12.4. The summed E-state index contributed by atoms with van der Waals surface area (Å²) in [5.41, 5.74) is 0.836. The van der Waals surface area contributed by atoms with E-state index in [2.05, 4.69) is 15.4 Å². The number of aromatic nitrogens is 3. The van der Waals surface area contributed by atoms with Crippen LogP contribution in [0.4, 0.5) is 5.69 Å². The number of hydrogen-bond acceptors (Lipinski definition) is 9. The van der Waals surface area contributed by atoms with Crippen LogP contribution in [0.3, 0.4) is 0 Å². The van der Waals surface area contributed by atoms with Crippen molar-refractivity contribution < 1.29 is 22.7 Å². The van der Waals surface area contributed by atoms with E-state index in [9.17, 15) is 18.0 Å². The number of carbonyl (C=O) groups is 1. The highest BCUT2D eigenvalue weighted by Gasteiger charge is 2.12. The van der Waals surface area contributed by atoms with Crippen LogP contribution in [-0.2, 0) is 14.8 Å². The molecular formula is C21H19N5O6S2. The number of amides is 1. The number of fused-ring (bicyclic) bond motifs is 1. The number of hydrogen-bond donors (Lipinski definition) is 2. The summed E-state index contributed by atoms with van der Waals surface area (Å²) in [6.07, 6.45) is 3.03. The summed E-state index contributed by atoms with van der Waals surface area (Å²) in [5.74, 6) is 0.309. The summed E-state index contributed by atoms with van der Waals surface area (Å²) in [4.78, 5) is 29.1. The van der Waals surface area contributed by atoms with Gasteiger partial charge in [-0.05, 0) is 55.0 Å². The molecule has 13 heteroatoms. The van der Waals surface area contributed by atoms with Crippen molar-refractivity contribution in [2.75, 3.05) is 18.5 Å². The molecule has 0 aliphatic carbocycles. The van der Waals surface area contributed by atoms with Crippen LogP contribution in [0.25, 0.3) is 11.0 Å². The number of anilines is 1. The number of primary sulfonamides is 1. The van der Waals surface area contributed by atoms with Gasteiger partial charge < -0.3 is 14.8 Å². The van der Waals surface area contributed by atoms with Crippen molar-refractivity contribution in [3.63, 3.8) is 0 Å². The predicted octanol–water partition coefficient (Wildman–Crippen LogP) is 0.762. The number of nitrogens with one attached hydrogen (secondary N) is 1. The number of nitrogens with zero attached hydrogens (tertiary/aromatic N) is 3. The third-order valence-corrected chi connectivity index (χ3v) is 6.41. The second kappa shape index (κ2) is 9.59. The first-order valence-corrected chi connectivity index (χ1v) is 12.3. The Kier molecular flexibility index (Phi) is 6.58. The zero-order valence-electron chi connectivity index (χ0n) is 17.8. The minimum Gasteiger partial charge on any atom is -0.490 e. The van der Waals surface area contributed by atoms with E-state index < -0.39 is 15.9 Å². The van der Waals surface area contributed by atoms with Crippen LogP contribution < -0.4 is 30.0 Å². The van der Waals surface area contributed by atoms with Crippen molar-refractivity contribution in [1.29, 1.82) is 0 Å². The molecular weight excluding hydrogens is 482 g/mol. The SMILES string of the molecule is CCOc1cc(/C=c2\sc3ncnn3c2=O)ccc1OCC(=O)Nc1ccc(S(N)(=O)=O)cc1. The number of ether oxygens (including phenoxy) is 2. The van der Waals surface area contributed by atoms with E-state index in [-0.39, 0.29) is 17.1 Å². The van der Waals surface area contributed by atoms with Crippen molar-refractivity contribution >= 4 is 44.0 Å². The van der Waals surface area contributed by atoms with Crippen LogP contribution >= 0.6 is 11.3 Å². The summed E-state index contributed by atoms with van der Waals surface area (Å²) in [6.45, 7) is 1.87. The van der Waals surface area contributed by atoms with Gasteiger partial charge in [0.2, 0.25) is 15.0 Å². The minimum atomic E-state index is -3.81. The molecule has 0 spiro atoms. The second-order valence-electron chi connectivity index (χ2n) is 6.92. The molecule has 0 fully saturated rings. The summed E-state index contributed by atoms with van der Waals surface area (Å²) in [6, 6.07) is 10.5. The number of rotatable bonds is 8. The first-order valence-electron chi connectivity index (χ1n) is 9.91. The Balaban J connectivity index is 1.47. The Hall–Kier alpha value is -3.81. The molecule has 34 heavy (non-hydrogen) atoms. The highest BCUT2D eigenvalue weighted by Crippen LogP contribution is 2.29. The molecule has 4 aromatic rings. The van der Waals surface area contributed by atoms with Crippen molar-refractivity contribution in [3.8, 4) is 11.5 Å². The highest BCUT2D eigenvalue weighted by atomic mass is 32.2. The molecule has 4 rings (SSSR count). The second-order valence-corrected chi connectivity index (χ2v) is 9.49. The maximum Gasteiger partial charge on any atom is 0.291 e. The lowest BCUT2D eigenvalue weighted by molar-refractivity contribution is -0.118. The third kappa shape index (κ3) is 5.22. The lowest BCUT2D eigenvalue weighted by atomic mass is 10.2. The molecule has 0 atom stereocenters. The minimum absolute atomic E-state index is 0.0584. The molecule has 0 unspecified atom stereocenters. The zero-order chi connectivity index (χ0) is 24.3. The molecule has 0 bridgehead atoms. The van der Waals surface area contributed by atoms with E-state index in [4.69, 9.17) is 14.6 Å². The molecule has 1 amide bonds. The van der Waals surface area contributed by atoms with Gasteiger partial charge in [0.15, 0.2) is 18.1 Å². The van der Waals surface area contributed by atoms with Crippen LogP contribution in [0.5, 0.6) is 11.5 Å². The van der Waals surface area contributed by atoms with Gasteiger partial charge in [0.05, 0.1) is 16.0 Å². The number of thiazole rings is 1. The Morgan fingerprint density at radius 1 is 1.18 bits per heavy atom. The quantitative estimate of drug-likeness (QED) is 0.359. The summed E-state index contributed by atoms with van der Waals surface area (Å²) in [7, 11) is -3.81. The Morgan fingerprint density at radius 3 is 2.62 bits per heavy atom. The van der Waals surface area contributed by atoms with Gasteiger partial charge in [-0.2, -0.15) is 9.61 Å². The van der Waals surface area contributed by atoms with Crippen LogP contribution in [0, 0.1) is 0 Å². The monoisotopic (exact) mass is 501 g/mol. The van der Waals surface area contributed by atoms with E-state index in [1.54, 1.807) is 24.3 Å². The van der Waals surface area contributed by atoms with Gasteiger partial charge in [0.25, 0.3) is 11.5 Å². The third-order valence-electron chi connectivity index (χ3n) is 4.51. The van der Waals surface area contributed by atoms with Crippen LogP contribution in [0.1, 0.15) is 12.5 Å². The van der Waals surface area contributed by atoms with Gasteiger partial charge in [-0.25, -0.2) is 18.5 Å². The number of sulfonamides is 1. The zero-order valence-corrected chi connectivity index (χ0v) is 19.4. The molecule has 2 aromatic heterocycles. The van der Waals surface area contributed by atoms with E-state index in [1.807, 2.05) is 6.92 Å². The Morgan fingerprint density at radius 2 is 1.94 bits per heavy atom. The largest absolute Gasteiger partial charge is 0.490 e. The van der Waals surface area contributed by atoms with Crippen LogP contribution in [0.2, 0.25) is 0 Å². The van der Waals surface area contributed by atoms with Crippen molar-refractivity contribution in [1.82, 2.24) is 14.6 Å². The molecule has 2 aromatic carbocycles. The lowest BCUT2D eigenvalue weighted by Crippen LogP contribution is -2.23. The first kappa shape index (κ1) is 23.4. The molecule has 2 heterocycles. The normalized spacial score (nSPS) is 12.1. The fourth-order valence-electron chi connectivity index (χ4n) is 3.00. The molecule has 176 valence electrons. The van der Waals surface area contributed by atoms with Gasteiger partial charge in [-0.3, -0.25) is 9.59 Å². The average Bonchev–Trinajstić information content (AvgIpc) is 3.36. The smallest absolute Gasteiger partial charge is 0.291 e. The van der Waals surface area contributed by atoms with E-state index in [1.165, 1.54) is 46.4 Å². The molecule has 0 aliphatic heterocycles. The van der Waals surface area contributed by atoms with Gasteiger partial charge in [0, 0.05) is 5.69 Å². The van der Waals surface area contributed by atoms with Crippen LogP contribution in [-0.4, -0.2) is 42.1 Å². The van der Waals surface area contributed by atoms with E-state index in [0.717, 1.165) is 0 Å². The predicted molar refractivity (Wildman–Crippen MR) is 125 cm³/mol. The van der Waals surface area contributed by atoms with Gasteiger partial charge in [-0.15, -0.1) is 0 Å². The molecule has 0 saturated heterocycles. The molecule has 11 nitrogen and oxygen atoms in total. The van der Waals surface area contributed by atoms with Gasteiger partial charge >= 0.3 is 0 Å². The van der Waals surface area contributed by atoms with Gasteiger partial charge in [-0.1, -0.05) is 17.4 Å². The highest BCUT2D eigenvalue weighted by molar-refractivity contribution is 7.89. The van der Waals surface area contributed by atoms with Crippen molar-refractivity contribution in [3.05, 3.63) is 69.2 Å². The average molecular weight is 502 g/mol. The molecule has 3 N–H and O–H groups in total. The fourth-order valence-corrected chi connectivity index (χ4v) is 4.40. The topological polar surface area (TPSA) is 155 Å². The maximum absolute atomic E-state index is 12.4. The fraction of sp³-hybridized carbons (Fsp3) is 0.143. The van der Waals surface area contributed by atoms with Gasteiger partial charge in [0.1, 0.15) is 6.33 Å². The summed E-state index contributed by atoms with van der Waals surface area (Å²) < 4.78 is 35.6. The van der Waals surface area contributed by atoms with Crippen molar-refractivity contribution in [2.24, 2.45) is 5.14 Å². The lowest BCUT2D eigenvalue weighted by Gasteiger charge is -2.13. The molecule has 0 radical (unpaired) electrons. The van der Waals surface area contributed by atoms with Crippen molar-refractivity contribution in [2.45, 2.75) is 11.8 Å². The number of nitrogens with two attached hydrogens (primary N) is 1. The Bertz CT molecular complexity index is 1560. The summed E-state index contributed by atoms with van der Waals surface area (Å²) >= 11 is 1.22. The standard InChI is InChI=1S/C21H19N5O6S2/c1-2-31-17-9-13(10-18-20(28)26-21(33-18)23-12-24-26)3-8-16(17)32-11-19(27)25-14-4-6-15(7-5-14)34(22,29)30/h3-10,12H,2,11H2,1H3,(H,25,27)(H2,22,29,30)/b18-10-. The number of carbonyl (C=O) groups excluding carboxylic acids is 1. The van der Waals surface area contributed by atoms with E-state index >= 15 is 0 Å². The number of benzene rings is 2. The molecule has 0 saturated carbocycles. The van der Waals surface area contributed by atoms with Crippen LogP contribution in [0.15, 0.2) is 58.5 Å². The Labute approximate surface area is 197 Å². The molecule has 0 aliphatic rings. The van der Waals surface area contributed by atoms with E-state index in [0.29, 0.717) is 38.8 Å². The summed E-state index contributed by atoms with van der Waals surface area (Å²) in [5, 5.41) is 11.6.